The normalized spacial score (nSPS) is 12.1. The molecule has 7 nitrogen and oxygen atoms in total. The van der Waals surface area contributed by atoms with E-state index in [1.54, 1.807) is 0 Å². The Morgan fingerprint density at radius 1 is 1.20 bits per heavy atom. The van der Waals surface area contributed by atoms with Gasteiger partial charge < -0.3 is 5.11 Å². The summed E-state index contributed by atoms with van der Waals surface area (Å²) >= 11 is 0. The van der Waals surface area contributed by atoms with Crippen LogP contribution in [0.2, 0.25) is 0 Å². The number of aromatic hydroxyl groups is 1. The van der Waals surface area contributed by atoms with Crippen molar-refractivity contribution in [2.45, 2.75) is 23.1 Å². The molecule has 0 amide bonds. The second-order valence-corrected chi connectivity index (χ2v) is 9.89. The third kappa shape index (κ3) is 4.36. The molecule has 0 atom stereocenters. The molecule has 0 saturated carbocycles. The van der Waals surface area contributed by atoms with E-state index in [2.05, 4.69) is 4.98 Å². The van der Waals surface area contributed by atoms with Crippen LogP contribution in [0.5, 0.6) is 5.75 Å². The second kappa shape index (κ2) is 7.11. The van der Waals surface area contributed by atoms with E-state index in [1.807, 2.05) is 0 Å². The lowest BCUT2D eigenvalue weighted by Crippen LogP contribution is -2.14. The Hall–Kier alpha value is -1.97. The van der Waals surface area contributed by atoms with Crippen LogP contribution >= 0.6 is 10.7 Å². The Bertz CT molecular complexity index is 1030. The molecule has 0 radical (unpaired) electrons. The first-order valence-electron chi connectivity index (χ1n) is 7.04. The van der Waals surface area contributed by atoms with Gasteiger partial charge in [0, 0.05) is 28.9 Å². The molecule has 0 aliphatic heterocycles. The third-order valence-corrected chi connectivity index (χ3v) is 6.54. The topological polar surface area (TPSA) is 118 Å². The number of phenolic OH excluding ortho intramolecular Hbond substituents is 1. The number of benzene rings is 1. The number of carbonyl (C=O) groups is 1. The van der Waals surface area contributed by atoms with Crippen molar-refractivity contribution in [1.29, 1.82) is 0 Å². The molecular weight excluding hydrogens is 390 g/mol. The maximum Gasteiger partial charge on any atom is 0.261 e. The molecule has 0 aliphatic rings. The van der Waals surface area contributed by atoms with Crippen molar-refractivity contribution in [1.82, 2.24) is 4.98 Å². The van der Waals surface area contributed by atoms with Crippen molar-refractivity contribution >= 4 is 35.4 Å². The summed E-state index contributed by atoms with van der Waals surface area (Å²) in [6.45, 7) is 1.44. The zero-order valence-electron chi connectivity index (χ0n) is 13.0. The summed E-state index contributed by atoms with van der Waals surface area (Å²) in [4.78, 5) is 15.8. The molecule has 1 N–H and O–H groups in total. The molecule has 1 heterocycles. The molecule has 1 aromatic heterocycles. The highest BCUT2D eigenvalue weighted by atomic mass is 35.7. The lowest BCUT2D eigenvalue weighted by molar-refractivity contribution is 0.0983. The van der Waals surface area contributed by atoms with Gasteiger partial charge in [0.25, 0.3) is 9.05 Å². The fourth-order valence-corrected chi connectivity index (χ4v) is 3.98. The SMILES string of the molecule is CCS(=O)(=O)c1cccnc1C(=O)Cc1cc(S(=O)(=O)Cl)ccc1O. The van der Waals surface area contributed by atoms with Crippen molar-refractivity contribution in [3.05, 3.63) is 47.8 Å². The van der Waals surface area contributed by atoms with Crippen molar-refractivity contribution in [2.75, 3.05) is 5.75 Å². The van der Waals surface area contributed by atoms with Crippen molar-refractivity contribution in [3.63, 3.8) is 0 Å². The molecule has 0 aliphatic carbocycles. The highest BCUT2D eigenvalue weighted by Crippen LogP contribution is 2.25. The van der Waals surface area contributed by atoms with Gasteiger partial charge in [-0.1, -0.05) is 6.92 Å². The van der Waals surface area contributed by atoms with Gasteiger partial charge in [0.05, 0.1) is 15.5 Å². The van der Waals surface area contributed by atoms with Crippen LogP contribution in [-0.2, 0) is 25.3 Å². The number of sulfone groups is 1. The van der Waals surface area contributed by atoms with E-state index in [0.717, 1.165) is 18.2 Å². The first-order chi connectivity index (χ1) is 11.6. The number of carbonyl (C=O) groups excluding carboxylic acids is 1. The van der Waals surface area contributed by atoms with Crippen LogP contribution in [0.25, 0.3) is 0 Å². The minimum Gasteiger partial charge on any atom is -0.508 e. The Morgan fingerprint density at radius 3 is 2.48 bits per heavy atom. The molecule has 10 heteroatoms. The molecule has 2 aromatic rings. The monoisotopic (exact) mass is 403 g/mol. The average molecular weight is 404 g/mol. The quantitative estimate of drug-likeness (QED) is 0.578. The van der Waals surface area contributed by atoms with Gasteiger partial charge in [0.1, 0.15) is 11.4 Å². The Labute approximate surface area is 149 Å². The van der Waals surface area contributed by atoms with Gasteiger partial charge in [-0.2, -0.15) is 0 Å². The van der Waals surface area contributed by atoms with Crippen LogP contribution in [0.4, 0.5) is 0 Å². The highest BCUT2D eigenvalue weighted by molar-refractivity contribution is 8.13. The number of rotatable bonds is 6. The molecule has 0 unspecified atom stereocenters. The molecule has 25 heavy (non-hydrogen) atoms. The molecule has 2 rings (SSSR count). The summed E-state index contributed by atoms with van der Waals surface area (Å²) in [6, 6.07) is 5.93. The molecule has 1 aromatic carbocycles. The first kappa shape index (κ1) is 19.4. The van der Waals surface area contributed by atoms with Gasteiger partial charge in [0.2, 0.25) is 0 Å². The average Bonchev–Trinajstić information content (AvgIpc) is 2.55. The smallest absolute Gasteiger partial charge is 0.261 e. The van der Waals surface area contributed by atoms with E-state index in [4.69, 9.17) is 10.7 Å². The minimum absolute atomic E-state index is 0.00257. The van der Waals surface area contributed by atoms with Gasteiger partial charge in [-0.3, -0.25) is 9.78 Å². The predicted octanol–water partition coefficient (Wildman–Crippen LogP) is 1.93. The Kier molecular flexibility index (Phi) is 5.50. The number of Topliss-reactive ketones (excluding diaryl/α,β-unsaturated/α-hetero) is 1. The van der Waals surface area contributed by atoms with Crippen LogP contribution in [0.15, 0.2) is 46.3 Å². The van der Waals surface area contributed by atoms with E-state index in [9.17, 15) is 26.7 Å². The van der Waals surface area contributed by atoms with Crippen molar-refractivity contribution < 1.29 is 26.7 Å². The molecular formula is C15H14ClNO6S2. The van der Waals surface area contributed by atoms with E-state index in [0.29, 0.717) is 0 Å². The van der Waals surface area contributed by atoms with E-state index >= 15 is 0 Å². The number of halogens is 1. The largest absolute Gasteiger partial charge is 0.508 e. The van der Waals surface area contributed by atoms with Crippen LogP contribution in [-0.4, -0.2) is 38.5 Å². The van der Waals surface area contributed by atoms with Crippen molar-refractivity contribution in [3.8, 4) is 5.75 Å². The number of hydrogen-bond donors (Lipinski definition) is 1. The minimum atomic E-state index is -4.04. The molecule has 0 fully saturated rings. The molecule has 0 bridgehead atoms. The number of aromatic nitrogens is 1. The maximum absolute atomic E-state index is 12.5. The number of nitrogens with zero attached hydrogens (tertiary/aromatic N) is 1. The summed E-state index contributed by atoms with van der Waals surface area (Å²) < 4.78 is 47.0. The number of ketones is 1. The van der Waals surface area contributed by atoms with E-state index < -0.39 is 31.1 Å². The summed E-state index contributed by atoms with van der Waals surface area (Å²) in [5.41, 5.74) is -0.264. The van der Waals surface area contributed by atoms with Gasteiger partial charge in [-0.15, -0.1) is 0 Å². The zero-order valence-corrected chi connectivity index (χ0v) is 15.4. The summed E-state index contributed by atoms with van der Waals surface area (Å²) in [5, 5.41) is 9.84. The molecule has 0 saturated heterocycles. The maximum atomic E-state index is 12.5. The van der Waals surface area contributed by atoms with Crippen molar-refractivity contribution in [2.24, 2.45) is 0 Å². The van der Waals surface area contributed by atoms with Crippen LogP contribution in [0, 0.1) is 0 Å². The predicted molar refractivity (Wildman–Crippen MR) is 91.1 cm³/mol. The molecule has 0 spiro atoms. The van der Waals surface area contributed by atoms with Crippen LogP contribution < -0.4 is 0 Å². The standard InChI is InChI=1S/C15H14ClNO6S2/c1-2-24(20,21)14-4-3-7-17-15(14)13(19)9-10-8-11(25(16,22)23)5-6-12(10)18/h3-8,18H,2,9H2,1H3. The van der Waals surface area contributed by atoms with E-state index in [1.165, 1.54) is 25.3 Å². The summed E-state index contributed by atoms with van der Waals surface area (Å²) in [6.07, 6.45) is 0.844. The Morgan fingerprint density at radius 2 is 1.88 bits per heavy atom. The fraction of sp³-hybridized carbons (Fsp3) is 0.200. The summed E-state index contributed by atoms with van der Waals surface area (Å²) in [5.74, 6) is -1.19. The molecule has 134 valence electrons. The lowest BCUT2D eigenvalue weighted by atomic mass is 10.1. The number of hydrogen-bond acceptors (Lipinski definition) is 7. The first-order valence-corrected chi connectivity index (χ1v) is 11.0. The van der Waals surface area contributed by atoms with Gasteiger partial charge in [-0.25, -0.2) is 16.8 Å². The third-order valence-electron chi connectivity index (χ3n) is 3.43. The lowest BCUT2D eigenvalue weighted by Gasteiger charge is -2.09. The number of pyridine rings is 1. The van der Waals surface area contributed by atoms with Gasteiger partial charge in [0.15, 0.2) is 15.6 Å². The van der Waals surface area contributed by atoms with Gasteiger partial charge >= 0.3 is 0 Å². The zero-order chi connectivity index (χ0) is 18.8. The van der Waals surface area contributed by atoms with Crippen LogP contribution in [0.3, 0.4) is 0 Å². The van der Waals surface area contributed by atoms with Gasteiger partial charge in [-0.05, 0) is 30.3 Å². The second-order valence-electron chi connectivity index (χ2n) is 5.08. The van der Waals surface area contributed by atoms with Crippen LogP contribution in [0.1, 0.15) is 23.0 Å². The highest BCUT2D eigenvalue weighted by Gasteiger charge is 2.23. The fourth-order valence-electron chi connectivity index (χ4n) is 2.12. The summed E-state index contributed by atoms with van der Waals surface area (Å²) in [7, 11) is -2.46. The number of phenols is 1. The van der Waals surface area contributed by atoms with E-state index in [-0.39, 0.29) is 32.6 Å². The Balaban J connectivity index is 2.46.